The summed E-state index contributed by atoms with van der Waals surface area (Å²) in [5, 5.41) is 2.93. The first-order valence-corrected chi connectivity index (χ1v) is 5.95. The molecule has 0 saturated heterocycles. The monoisotopic (exact) mass is 356 g/mol. The van der Waals surface area contributed by atoms with Crippen molar-refractivity contribution in [2.45, 2.75) is 0 Å². The van der Waals surface area contributed by atoms with Crippen LogP contribution in [0.4, 0.5) is 4.39 Å². The number of hydrogen-bond donors (Lipinski definition) is 0. The molecule has 0 saturated carbocycles. The molecule has 12 heavy (non-hydrogen) atoms. The molecule has 0 atom stereocenters. The van der Waals surface area contributed by atoms with Gasteiger partial charge in [0.2, 0.25) is 0 Å². The van der Waals surface area contributed by atoms with E-state index in [1.54, 1.807) is 17.4 Å². The Bertz CT molecular complexity index is 438. The molecule has 0 bridgehead atoms. The van der Waals surface area contributed by atoms with E-state index in [0.29, 0.717) is 3.57 Å². The summed E-state index contributed by atoms with van der Waals surface area (Å²) in [7, 11) is 0. The maximum Gasteiger partial charge on any atom is 0.137 e. The number of hydrogen-bond acceptors (Lipinski definition) is 1. The maximum absolute atomic E-state index is 13.1. The number of thiophene rings is 1. The summed E-state index contributed by atoms with van der Waals surface area (Å²) in [4.78, 5) is 0. The Morgan fingerprint density at radius 2 is 2.17 bits per heavy atom. The maximum atomic E-state index is 13.1. The van der Waals surface area contributed by atoms with Crippen molar-refractivity contribution in [3.63, 3.8) is 0 Å². The third-order valence-corrected chi connectivity index (χ3v) is 4.30. The van der Waals surface area contributed by atoms with Gasteiger partial charge in [0.25, 0.3) is 0 Å². The van der Waals surface area contributed by atoms with Crippen LogP contribution in [-0.4, -0.2) is 0 Å². The van der Waals surface area contributed by atoms with Gasteiger partial charge in [0.1, 0.15) is 5.82 Å². The highest BCUT2D eigenvalue weighted by Crippen LogP contribution is 2.32. The average Bonchev–Trinajstić information content (AvgIpc) is 2.35. The molecule has 0 nitrogen and oxygen atoms in total. The topological polar surface area (TPSA) is 0 Å². The van der Waals surface area contributed by atoms with Crippen LogP contribution in [0.3, 0.4) is 0 Å². The van der Waals surface area contributed by atoms with E-state index in [4.69, 9.17) is 0 Å². The summed E-state index contributed by atoms with van der Waals surface area (Å²) in [5.41, 5.74) is 0. The lowest BCUT2D eigenvalue weighted by Crippen LogP contribution is -1.78. The van der Waals surface area contributed by atoms with Gasteiger partial charge in [-0.15, -0.1) is 11.3 Å². The lowest BCUT2D eigenvalue weighted by Gasteiger charge is -1.94. The van der Waals surface area contributed by atoms with Gasteiger partial charge in [-0.05, 0) is 50.7 Å². The molecule has 1 aromatic carbocycles. The second-order valence-electron chi connectivity index (χ2n) is 2.35. The second-order valence-corrected chi connectivity index (χ2v) is 5.27. The minimum Gasteiger partial charge on any atom is -0.206 e. The van der Waals surface area contributed by atoms with E-state index in [-0.39, 0.29) is 5.82 Å². The summed E-state index contributed by atoms with van der Waals surface area (Å²) in [6.07, 6.45) is 0. The first kappa shape index (κ1) is 8.90. The average molecular weight is 357 g/mol. The van der Waals surface area contributed by atoms with Gasteiger partial charge in [0.05, 0.1) is 3.57 Å². The first-order valence-electron chi connectivity index (χ1n) is 3.20. The van der Waals surface area contributed by atoms with Gasteiger partial charge in [0.15, 0.2) is 0 Å². The quantitative estimate of drug-likeness (QED) is 0.613. The zero-order chi connectivity index (χ0) is 8.72. The Balaban J connectivity index is 2.87. The van der Waals surface area contributed by atoms with Crippen LogP contribution in [0.15, 0.2) is 22.0 Å². The summed E-state index contributed by atoms with van der Waals surface area (Å²) >= 11 is 6.98. The largest absolute Gasteiger partial charge is 0.206 e. The Morgan fingerprint density at radius 3 is 2.92 bits per heavy atom. The molecule has 0 spiro atoms. The van der Waals surface area contributed by atoms with E-state index in [2.05, 4.69) is 15.9 Å². The smallest absolute Gasteiger partial charge is 0.137 e. The lowest BCUT2D eigenvalue weighted by molar-refractivity contribution is 0.622. The Morgan fingerprint density at radius 1 is 1.42 bits per heavy atom. The zero-order valence-electron chi connectivity index (χ0n) is 5.77. The van der Waals surface area contributed by atoms with Gasteiger partial charge in [-0.25, -0.2) is 4.39 Å². The van der Waals surface area contributed by atoms with Crippen molar-refractivity contribution in [1.82, 2.24) is 0 Å². The molecule has 2 rings (SSSR count). The van der Waals surface area contributed by atoms with Gasteiger partial charge in [0, 0.05) is 19.9 Å². The lowest BCUT2D eigenvalue weighted by atomic mass is 10.3. The molecule has 0 amide bonds. The summed E-state index contributed by atoms with van der Waals surface area (Å²) in [6, 6.07) is 3.43. The van der Waals surface area contributed by atoms with Crippen molar-refractivity contribution < 1.29 is 4.39 Å². The molecule has 0 aliphatic carbocycles. The minimum atomic E-state index is -0.151. The SMILES string of the molecule is Fc1cc2c(Br)csc2cc1I. The summed E-state index contributed by atoms with van der Waals surface area (Å²) in [6.45, 7) is 0. The fraction of sp³-hybridized carbons (Fsp3) is 0. The van der Waals surface area contributed by atoms with Gasteiger partial charge >= 0.3 is 0 Å². The van der Waals surface area contributed by atoms with E-state index in [1.165, 1.54) is 0 Å². The normalized spacial score (nSPS) is 10.9. The third-order valence-electron chi connectivity index (χ3n) is 1.57. The summed E-state index contributed by atoms with van der Waals surface area (Å²) in [5.74, 6) is -0.151. The van der Waals surface area contributed by atoms with Crippen LogP contribution in [0.1, 0.15) is 0 Å². The Labute approximate surface area is 95.0 Å². The van der Waals surface area contributed by atoms with Crippen molar-refractivity contribution in [2.75, 3.05) is 0 Å². The van der Waals surface area contributed by atoms with Crippen LogP contribution >= 0.6 is 49.9 Å². The molecular formula is C8H3BrFIS. The van der Waals surface area contributed by atoms with Gasteiger partial charge in [-0.1, -0.05) is 0 Å². The fourth-order valence-electron chi connectivity index (χ4n) is 0.991. The van der Waals surface area contributed by atoms with Gasteiger partial charge < -0.3 is 0 Å². The van der Waals surface area contributed by atoms with Crippen molar-refractivity contribution in [1.29, 1.82) is 0 Å². The van der Waals surface area contributed by atoms with E-state index in [0.717, 1.165) is 14.6 Å². The number of fused-ring (bicyclic) bond motifs is 1. The molecular weight excluding hydrogens is 354 g/mol. The highest BCUT2D eigenvalue weighted by molar-refractivity contribution is 14.1. The molecule has 62 valence electrons. The van der Waals surface area contributed by atoms with Crippen LogP contribution < -0.4 is 0 Å². The standard InChI is InChI=1S/C8H3BrFIS/c9-5-3-12-8-2-7(11)6(10)1-4(5)8/h1-3H. The molecule has 2 aromatic rings. The van der Waals surface area contributed by atoms with E-state index in [9.17, 15) is 4.39 Å². The van der Waals surface area contributed by atoms with Gasteiger partial charge in [-0.3, -0.25) is 0 Å². The Kier molecular flexibility index (Phi) is 2.39. The predicted molar refractivity (Wildman–Crippen MR) is 62.2 cm³/mol. The van der Waals surface area contributed by atoms with Crippen molar-refractivity contribution >= 4 is 59.9 Å². The molecule has 0 aliphatic rings. The highest BCUT2D eigenvalue weighted by atomic mass is 127. The molecule has 0 unspecified atom stereocenters. The minimum absolute atomic E-state index is 0.151. The van der Waals surface area contributed by atoms with Crippen molar-refractivity contribution in [3.8, 4) is 0 Å². The third kappa shape index (κ3) is 1.40. The molecule has 0 N–H and O–H groups in total. The van der Waals surface area contributed by atoms with Crippen LogP contribution in [-0.2, 0) is 0 Å². The van der Waals surface area contributed by atoms with Crippen LogP contribution in [0, 0.1) is 9.39 Å². The number of benzene rings is 1. The fourth-order valence-corrected chi connectivity index (χ4v) is 3.25. The molecule has 4 heteroatoms. The first-order chi connectivity index (χ1) is 5.68. The molecule has 0 fully saturated rings. The van der Waals surface area contributed by atoms with Crippen molar-refractivity contribution in [3.05, 3.63) is 31.4 Å². The molecule has 0 radical (unpaired) electrons. The molecule has 1 heterocycles. The zero-order valence-corrected chi connectivity index (χ0v) is 10.3. The van der Waals surface area contributed by atoms with E-state index < -0.39 is 0 Å². The molecule has 0 aliphatic heterocycles. The second kappa shape index (κ2) is 3.23. The van der Waals surface area contributed by atoms with E-state index in [1.807, 2.05) is 34.0 Å². The summed E-state index contributed by atoms with van der Waals surface area (Å²) < 4.78 is 15.8. The van der Waals surface area contributed by atoms with Crippen molar-refractivity contribution in [2.24, 2.45) is 0 Å². The van der Waals surface area contributed by atoms with Crippen LogP contribution in [0.2, 0.25) is 0 Å². The Hall–Kier alpha value is 0.320. The van der Waals surface area contributed by atoms with Crippen LogP contribution in [0.5, 0.6) is 0 Å². The number of rotatable bonds is 0. The predicted octanol–water partition coefficient (Wildman–Crippen LogP) is 4.41. The number of halogens is 3. The van der Waals surface area contributed by atoms with Gasteiger partial charge in [-0.2, -0.15) is 0 Å². The van der Waals surface area contributed by atoms with Crippen LogP contribution in [0.25, 0.3) is 10.1 Å². The molecule has 1 aromatic heterocycles. The highest BCUT2D eigenvalue weighted by Gasteiger charge is 2.05. The van der Waals surface area contributed by atoms with E-state index >= 15 is 0 Å².